The number of aryl methyl sites for hydroxylation is 1. The van der Waals surface area contributed by atoms with Gasteiger partial charge in [0.25, 0.3) is 5.91 Å². The highest BCUT2D eigenvalue weighted by molar-refractivity contribution is 6.07. The molecule has 2 atom stereocenters. The van der Waals surface area contributed by atoms with Gasteiger partial charge in [0.05, 0.1) is 6.54 Å². The summed E-state index contributed by atoms with van der Waals surface area (Å²) in [6.45, 7) is 3.48. The molecule has 30 heavy (non-hydrogen) atoms. The number of hydrogen-bond donors (Lipinski definition) is 2. The quantitative estimate of drug-likeness (QED) is 0.618. The van der Waals surface area contributed by atoms with Crippen LogP contribution in [0, 0.1) is 6.92 Å². The van der Waals surface area contributed by atoms with Crippen LogP contribution in [0.2, 0.25) is 0 Å². The van der Waals surface area contributed by atoms with Crippen LogP contribution >= 0.6 is 0 Å². The van der Waals surface area contributed by atoms with E-state index in [4.69, 9.17) is 4.74 Å². The SMILES string of the molecule is Cc1cccc(OC[C@@H](O)CN2C(=O)N[C@](C)(c3ccc4ccccc4c3)C2=O)c1. The molecule has 0 spiro atoms. The Morgan fingerprint density at radius 1 is 1.03 bits per heavy atom. The largest absolute Gasteiger partial charge is 0.491 e. The second-order valence-electron chi connectivity index (χ2n) is 7.81. The Labute approximate surface area is 175 Å². The topological polar surface area (TPSA) is 78.9 Å². The molecule has 6 heteroatoms. The van der Waals surface area contributed by atoms with Gasteiger partial charge in [-0.2, -0.15) is 0 Å². The molecule has 1 heterocycles. The molecule has 1 aliphatic heterocycles. The van der Waals surface area contributed by atoms with E-state index in [0.717, 1.165) is 21.2 Å². The van der Waals surface area contributed by atoms with Crippen LogP contribution in [0.15, 0.2) is 66.7 Å². The molecule has 0 radical (unpaired) electrons. The number of rotatable bonds is 6. The summed E-state index contributed by atoms with van der Waals surface area (Å²) in [4.78, 5) is 26.7. The van der Waals surface area contributed by atoms with Crippen LogP contribution in [0.1, 0.15) is 18.1 Å². The molecule has 1 fully saturated rings. The number of imide groups is 1. The Morgan fingerprint density at radius 2 is 1.80 bits per heavy atom. The van der Waals surface area contributed by atoms with E-state index in [0.29, 0.717) is 11.3 Å². The molecule has 6 nitrogen and oxygen atoms in total. The van der Waals surface area contributed by atoms with E-state index in [2.05, 4.69) is 5.32 Å². The summed E-state index contributed by atoms with van der Waals surface area (Å²) in [5, 5.41) is 15.2. The number of aliphatic hydroxyl groups is 1. The number of benzene rings is 3. The second kappa shape index (κ2) is 7.80. The normalized spacial score (nSPS) is 19.8. The van der Waals surface area contributed by atoms with Crippen LogP contribution < -0.4 is 10.1 Å². The lowest BCUT2D eigenvalue weighted by molar-refractivity contribution is -0.132. The van der Waals surface area contributed by atoms with Crippen molar-refractivity contribution in [1.82, 2.24) is 10.2 Å². The molecular weight excluding hydrogens is 380 g/mol. The van der Waals surface area contributed by atoms with Gasteiger partial charge in [0.1, 0.15) is 24.0 Å². The lowest BCUT2D eigenvalue weighted by atomic mass is 9.90. The number of aliphatic hydroxyl groups excluding tert-OH is 1. The average Bonchev–Trinajstić information content (AvgIpc) is 2.96. The highest BCUT2D eigenvalue weighted by atomic mass is 16.5. The third-order valence-electron chi connectivity index (χ3n) is 5.43. The van der Waals surface area contributed by atoms with Crippen molar-refractivity contribution < 1.29 is 19.4 Å². The van der Waals surface area contributed by atoms with Gasteiger partial charge in [-0.25, -0.2) is 4.79 Å². The first-order valence-electron chi connectivity index (χ1n) is 9.88. The number of β-amino-alcohol motifs (C(OH)–C–C–N with tert-alkyl or cyclic N) is 1. The van der Waals surface area contributed by atoms with Crippen molar-refractivity contribution in [2.45, 2.75) is 25.5 Å². The van der Waals surface area contributed by atoms with Gasteiger partial charge in [0.2, 0.25) is 0 Å². The van der Waals surface area contributed by atoms with Crippen LogP contribution in [0.25, 0.3) is 10.8 Å². The van der Waals surface area contributed by atoms with Crippen molar-refractivity contribution >= 4 is 22.7 Å². The number of carbonyl (C=O) groups is 2. The van der Waals surface area contributed by atoms with E-state index in [9.17, 15) is 14.7 Å². The molecule has 1 saturated heterocycles. The minimum absolute atomic E-state index is 0.0206. The lowest BCUT2D eigenvalue weighted by Gasteiger charge is -2.23. The van der Waals surface area contributed by atoms with E-state index in [1.807, 2.05) is 67.6 Å². The molecule has 0 aliphatic carbocycles. The van der Waals surface area contributed by atoms with E-state index in [-0.39, 0.29) is 13.2 Å². The van der Waals surface area contributed by atoms with Crippen molar-refractivity contribution in [3.63, 3.8) is 0 Å². The maximum atomic E-state index is 13.1. The van der Waals surface area contributed by atoms with Gasteiger partial charge in [0, 0.05) is 0 Å². The van der Waals surface area contributed by atoms with Gasteiger partial charge in [0.15, 0.2) is 0 Å². The zero-order valence-corrected chi connectivity index (χ0v) is 17.0. The number of amides is 3. The van der Waals surface area contributed by atoms with Gasteiger partial charge in [-0.3, -0.25) is 9.69 Å². The van der Waals surface area contributed by atoms with Crippen molar-refractivity contribution in [2.75, 3.05) is 13.2 Å². The Morgan fingerprint density at radius 3 is 2.57 bits per heavy atom. The third kappa shape index (κ3) is 3.74. The fraction of sp³-hybridized carbons (Fsp3) is 0.250. The van der Waals surface area contributed by atoms with Crippen molar-refractivity contribution in [1.29, 1.82) is 0 Å². The lowest BCUT2D eigenvalue weighted by Crippen LogP contribution is -2.42. The second-order valence-corrected chi connectivity index (χ2v) is 7.81. The van der Waals surface area contributed by atoms with Crippen LogP contribution in [0.5, 0.6) is 5.75 Å². The Balaban J connectivity index is 1.47. The molecule has 3 aromatic rings. The van der Waals surface area contributed by atoms with Crippen LogP contribution in [-0.4, -0.2) is 41.2 Å². The van der Waals surface area contributed by atoms with Crippen molar-refractivity contribution in [3.8, 4) is 5.75 Å². The standard InChI is InChI=1S/C24H24N2O4/c1-16-6-5-9-21(12-16)30-15-20(27)14-26-22(28)24(2,25-23(26)29)19-11-10-17-7-3-4-8-18(17)13-19/h3-13,20,27H,14-15H2,1-2H3,(H,25,29)/t20-,24+/m0/s1. The van der Waals surface area contributed by atoms with E-state index < -0.39 is 23.6 Å². The summed E-state index contributed by atoms with van der Waals surface area (Å²) in [7, 11) is 0. The van der Waals surface area contributed by atoms with E-state index in [1.165, 1.54) is 0 Å². The number of fused-ring (bicyclic) bond motifs is 1. The first-order chi connectivity index (χ1) is 14.4. The summed E-state index contributed by atoms with van der Waals surface area (Å²) in [5.41, 5.74) is 0.563. The first-order valence-corrected chi connectivity index (χ1v) is 9.88. The molecule has 154 valence electrons. The van der Waals surface area contributed by atoms with E-state index in [1.54, 1.807) is 13.0 Å². The molecule has 3 amide bonds. The number of nitrogens with one attached hydrogen (secondary N) is 1. The predicted molar refractivity (Wildman–Crippen MR) is 114 cm³/mol. The fourth-order valence-electron chi connectivity index (χ4n) is 3.72. The number of hydrogen-bond acceptors (Lipinski definition) is 4. The third-order valence-corrected chi connectivity index (χ3v) is 5.43. The summed E-state index contributed by atoms with van der Waals surface area (Å²) >= 11 is 0. The molecule has 0 unspecified atom stereocenters. The van der Waals surface area contributed by atoms with E-state index >= 15 is 0 Å². The molecule has 1 aliphatic rings. The summed E-state index contributed by atoms with van der Waals surface area (Å²) in [6, 6.07) is 20.5. The van der Waals surface area contributed by atoms with Gasteiger partial charge in [-0.05, 0) is 53.9 Å². The van der Waals surface area contributed by atoms with Crippen molar-refractivity contribution in [2.24, 2.45) is 0 Å². The van der Waals surface area contributed by atoms with Gasteiger partial charge in [-0.1, -0.05) is 48.5 Å². The Kier molecular flexibility index (Phi) is 5.18. The molecule has 0 saturated carbocycles. The Bertz CT molecular complexity index is 1110. The predicted octanol–water partition coefficient (Wildman–Crippen LogP) is 3.36. The van der Waals surface area contributed by atoms with Crippen LogP contribution in [0.4, 0.5) is 4.79 Å². The molecule has 0 bridgehead atoms. The maximum absolute atomic E-state index is 13.1. The smallest absolute Gasteiger partial charge is 0.325 e. The maximum Gasteiger partial charge on any atom is 0.325 e. The van der Waals surface area contributed by atoms with Gasteiger partial charge < -0.3 is 15.2 Å². The number of nitrogens with zero attached hydrogens (tertiary/aromatic N) is 1. The van der Waals surface area contributed by atoms with Crippen molar-refractivity contribution in [3.05, 3.63) is 77.9 Å². The summed E-state index contributed by atoms with van der Waals surface area (Å²) in [6.07, 6.45) is -1.00. The van der Waals surface area contributed by atoms with Crippen LogP contribution in [0.3, 0.4) is 0 Å². The molecular formula is C24H24N2O4. The zero-order valence-electron chi connectivity index (χ0n) is 17.0. The van der Waals surface area contributed by atoms with Gasteiger partial charge in [-0.15, -0.1) is 0 Å². The zero-order chi connectivity index (χ0) is 21.3. The fourth-order valence-corrected chi connectivity index (χ4v) is 3.72. The number of carbonyl (C=O) groups excluding carboxylic acids is 2. The monoisotopic (exact) mass is 404 g/mol. The summed E-state index contributed by atoms with van der Waals surface area (Å²) < 4.78 is 5.59. The molecule has 0 aromatic heterocycles. The minimum atomic E-state index is -1.18. The molecule has 4 rings (SSSR count). The summed E-state index contributed by atoms with van der Waals surface area (Å²) in [5.74, 6) is 0.240. The minimum Gasteiger partial charge on any atom is -0.491 e. The van der Waals surface area contributed by atoms with Crippen LogP contribution in [-0.2, 0) is 10.3 Å². The Hall–Kier alpha value is -3.38. The highest BCUT2D eigenvalue weighted by Gasteiger charge is 2.49. The molecule has 2 N–H and O–H groups in total. The first kappa shape index (κ1) is 19.9. The number of ether oxygens (including phenoxy) is 1. The number of urea groups is 1. The highest BCUT2D eigenvalue weighted by Crippen LogP contribution is 2.31. The average molecular weight is 404 g/mol. The molecule has 3 aromatic carbocycles. The van der Waals surface area contributed by atoms with Gasteiger partial charge >= 0.3 is 6.03 Å².